The number of carbonyl (C=O) groups is 2. The van der Waals surface area contributed by atoms with Crippen LogP contribution >= 0.6 is 11.8 Å². The minimum atomic E-state index is -0.638. The molecule has 5 rings (SSSR count). The average Bonchev–Trinajstić information content (AvgIpc) is 3.25. The molecular weight excluding hydrogens is 420 g/mol. The summed E-state index contributed by atoms with van der Waals surface area (Å²) in [5.41, 5.74) is 11.4. The maximum absolute atomic E-state index is 13.2. The smallest absolute Gasteiger partial charge is 0.254 e. The standard InChI is InChI=1S/C25H22N4O2S/c26-23(30)22-13-18-5-1-2-6-19(18)14-29(22)24(31)17-11-9-16(10-12-17)15-32-25-27-20-7-3-4-8-21(20)28-25/h1-12,22H,13-15H2,(H2,26,30)(H,27,28)/t22-/m0/s1. The number of hydrogen-bond acceptors (Lipinski definition) is 4. The van der Waals surface area contributed by atoms with E-state index in [-0.39, 0.29) is 5.91 Å². The van der Waals surface area contributed by atoms with Gasteiger partial charge in [-0.1, -0.05) is 60.3 Å². The number of hydrogen-bond donors (Lipinski definition) is 2. The summed E-state index contributed by atoms with van der Waals surface area (Å²) >= 11 is 1.61. The van der Waals surface area contributed by atoms with Gasteiger partial charge in [-0.25, -0.2) is 4.98 Å². The molecule has 0 saturated carbocycles. The van der Waals surface area contributed by atoms with Crippen LogP contribution in [0.2, 0.25) is 0 Å². The van der Waals surface area contributed by atoms with Crippen LogP contribution in [-0.2, 0) is 23.5 Å². The lowest BCUT2D eigenvalue weighted by atomic mass is 9.93. The Morgan fingerprint density at radius 3 is 2.47 bits per heavy atom. The molecule has 7 heteroatoms. The molecule has 32 heavy (non-hydrogen) atoms. The molecule has 1 atom stereocenters. The summed E-state index contributed by atoms with van der Waals surface area (Å²) in [6, 6.07) is 22.7. The molecule has 2 heterocycles. The van der Waals surface area contributed by atoms with Crippen molar-refractivity contribution in [3.8, 4) is 0 Å². The molecule has 3 N–H and O–H groups in total. The van der Waals surface area contributed by atoms with Crippen molar-refractivity contribution in [3.05, 3.63) is 95.1 Å². The van der Waals surface area contributed by atoms with Crippen molar-refractivity contribution in [1.29, 1.82) is 0 Å². The number of primary amides is 1. The zero-order valence-corrected chi connectivity index (χ0v) is 18.1. The highest BCUT2D eigenvalue weighted by Crippen LogP contribution is 2.26. The topological polar surface area (TPSA) is 92.1 Å². The quantitative estimate of drug-likeness (QED) is 0.459. The Bertz CT molecular complexity index is 1270. The summed E-state index contributed by atoms with van der Waals surface area (Å²) in [5, 5.41) is 0.864. The molecule has 0 radical (unpaired) electrons. The molecule has 0 fully saturated rings. The van der Waals surface area contributed by atoms with Crippen LogP contribution in [0.1, 0.15) is 27.0 Å². The number of para-hydroxylation sites is 2. The van der Waals surface area contributed by atoms with Crippen LogP contribution in [0, 0.1) is 0 Å². The Kier molecular flexibility index (Phi) is 5.41. The number of rotatable bonds is 5. The number of amides is 2. The molecule has 1 aromatic heterocycles. The van der Waals surface area contributed by atoms with Gasteiger partial charge in [0, 0.05) is 24.3 Å². The molecule has 3 aromatic carbocycles. The number of H-pyrrole nitrogens is 1. The molecule has 0 saturated heterocycles. The largest absolute Gasteiger partial charge is 0.368 e. The number of aromatic amines is 1. The molecule has 0 bridgehead atoms. The fraction of sp³-hybridized carbons (Fsp3) is 0.160. The van der Waals surface area contributed by atoms with E-state index in [1.54, 1.807) is 16.7 Å². The number of nitrogens with two attached hydrogens (primary N) is 1. The number of nitrogens with zero attached hydrogens (tertiary/aromatic N) is 2. The second kappa shape index (κ2) is 8.51. The first-order valence-electron chi connectivity index (χ1n) is 10.4. The summed E-state index contributed by atoms with van der Waals surface area (Å²) in [6.45, 7) is 0.381. The van der Waals surface area contributed by atoms with Gasteiger partial charge in [0.2, 0.25) is 5.91 Å². The Balaban J connectivity index is 1.29. The number of nitrogens with one attached hydrogen (secondary N) is 1. The zero-order valence-electron chi connectivity index (χ0n) is 17.3. The van der Waals surface area contributed by atoms with Crippen molar-refractivity contribution in [3.63, 3.8) is 0 Å². The third-order valence-corrected chi connectivity index (χ3v) is 6.73. The van der Waals surface area contributed by atoms with Crippen LogP contribution in [0.25, 0.3) is 11.0 Å². The van der Waals surface area contributed by atoms with Crippen LogP contribution in [0.5, 0.6) is 0 Å². The fourth-order valence-corrected chi connectivity index (χ4v) is 4.89. The molecule has 1 aliphatic rings. The zero-order chi connectivity index (χ0) is 22.1. The van der Waals surface area contributed by atoms with Gasteiger partial charge in [-0.2, -0.15) is 0 Å². The SMILES string of the molecule is NC(=O)[C@@H]1Cc2ccccc2CN1C(=O)c1ccc(CSc2nc3ccccc3[nH]2)cc1. The molecular formula is C25H22N4O2S. The predicted octanol–water partition coefficient (Wildman–Crippen LogP) is 3.91. The summed E-state index contributed by atoms with van der Waals surface area (Å²) < 4.78 is 0. The molecule has 0 unspecified atom stereocenters. The van der Waals surface area contributed by atoms with E-state index in [0.29, 0.717) is 18.5 Å². The monoisotopic (exact) mass is 442 g/mol. The highest BCUT2D eigenvalue weighted by atomic mass is 32.2. The maximum atomic E-state index is 13.2. The maximum Gasteiger partial charge on any atom is 0.254 e. The summed E-state index contributed by atoms with van der Waals surface area (Å²) in [6.07, 6.45) is 0.448. The Morgan fingerprint density at radius 1 is 1.00 bits per heavy atom. The third-order valence-electron chi connectivity index (χ3n) is 5.78. The van der Waals surface area contributed by atoms with E-state index in [1.165, 1.54) is 0 Å². The van der Waals surface area contributed by atoms with E-state index in [2.05, 4.69) is 9.97 Å². The van der Waals surface area contributed by atoms with Gasteiger partial charge in [0.25, 0.3) is 5.91 Å². The van der Waals surface area contributed by atoms with E-state index < -0.39 is 11.9 Å². The van der Waals surface area contributed by atoms with Gasteiger partial charge in [0.15, 0.2) is 5.16 Å². The lowest BCUT2D eigenvalue weighted by molar-refractivity contribution is -0.122. The van der Waals surface area contributed by atoms with Crippen molar-refractivity contribution in [2.24, 2.45) is 5.73 Å². The van der Waals surface area contributed by atoms with Crippen LogP contribution < -0.4 is 5.73 Å². The molecule has 6 nitrogen and oxygen atoms in total. The molecule has 160 valence electrons. The first kappa shape index (κ1) is 20.3. The number of benzene rings is 3. The second-order valence-electron chi connectivity index (χ2n) is 7.87. The van der Waals surface area contributed by atoms with E-state index in [0.717, 1.165) is 38.6 Å². The van der Waals surface area contributed by atoms with Gasteiger partial charge >= 0.3 is 0 Å². The van der Waals surface area contributed by atoms with Crippen molar-refractivity contribution in [2.45, 2.75) is 29.9 Å². The molecule has 0 aliphatic carbocycles. The normalized spacial score (nSPS) is 15.5. The van der Waals surface area contributed by atoms with E-state index in [4.69, 9.17) is 5.73 Å². The van der Waals surface area contributed by atoms with Crippen molar-refractivity contribution in [2.75, 3.05) is 0 Å². The number of fused-ring (bicyclic) bond motifs is 2. The first-order valence-corrected chi connectivity index (χ1v) is 11.4. The molecule has 4 aromatic rings. The summed E-state index contributed by atoms with van der Waals surface area (Å²) in [5.74, 6) is 0.0708. The van der Waals surface area contributed by atoms with Crippen molar-refractivity contribution in [1.82, 2.24) is 14.9 Å². The van der Waals surface area contributed by atoms with Gasteiger partial charge < -0.3 is 15.6 Å². The van der Waals surface area contributed by atoms with Crippen LogP contribution in [0.15, 0.2) is 78.0 Å². The van der Waals surface area contributed by atoms with E-state index in [9.17, 15) is 9.59 Å². The van der Waals surface area contributed by atoms with Crippen LogP contribution in [0.3, 0.4) is 0 Å². The number of aromatic nitrogens is 2. The number of carbonyl (C=O) groups excluding carboxylic acids is 2. The van der Waals surface area contributed by atoms with Gasteiger partial charge in [0.1, 0.15) is 6.04 Å². The fourth-order valence-electron chi connectivity index (χ4n) is 4.05. The average molecular weight is 443 g/mol. The van der Waals surface area contributed by atoms with Gasteiger partial charge in [-0.05, 0) is 41.0 Å². The highest BCUT2D eigenvalue weighted by Gasteiger charge is 2.33. The molecule has 0 spiro atoms. The molecule has 2 amide bonds. The predicted molar refractivity (Wildman–Crippen MR) is 125 cm³/mol. The first-order chi connectivity index (χ1) is 15.6. The number of imidazole rings is 1. The highest BCUT2D eigenvalue weighted by molar-refractivity contribution is 7.98. The van der Waals surface area contributed by atoms with Gasteiger partial charge in [0.05, 0.1) is 11.0 Å². The van der Waals surface area contributed by atoms with Crippen molar-refractivity contribution >= 4 is 34.6 Å². The third kappa shape index (κ3) is 3.99. The minimum absolute atomic E-state index is 0.181. The number of thioether (sulfide) groups is 1. The Hall–Kier alpha value is -3.58. The lowest BCUT2D eigenvalue weighted by Crippen LogP contribution is -2.51. The molecule has 1 aliphatic heterocycles. The Labute approximate surface area is 189 Å². The van der Waals surface area contributed by atoms with Crippen LogP contribution in [-0.4, -0.2) is 32.7 Å². The summed E-state index contributed by atoms with van der Waals surface area (Å²) in [4.78, 5) is 34.8. The lowest BCUT2D eigenvalue weighted by Gasteiger charge is -2.35. The van der Waals surface area contributed by atoms with Gasteiger partial charge in [-0.15, -0.1) is 0 Å². The summed E-state index contributed by atoms with van der Waals surface area (Å²) in [7, 11) is 0. The minimum Gasteiger partial charge on any atom is -0.368 e. The van der Waals surface area contributed by atoms with Gasteiger partial charge in [-0.3, -0.25) is 9.59 Å². The van der Waals surface area contributed by atoms with E-state index in [1.807, 2.05) is 72.8 Å². The Morgan fingerprint density at radius 2 is 1.72 bits per heavy atom. The van der Waals surface area contributed by atoms with Crippen LogP contribution in [0.4, 0.5) is 0 Å². The second-order valence-corrected chi connectivity index (χ2v) is 8.83. The van der Waals surface area contributed by atoms with E-state index >= 15 is 0 Å². The van der Waals surface area contributed by atoms with Crippen molar-refractivity contribution < 1.29 is 9.59 Å².